The molecule has 18 heavy (non-hydrogen) atoms. The van der Waals surface area contributed by atoms with Gasteiger partial charge in [-0.3, -0.25) is 9.48 Å². The molecule has 1 heterocycles. The van der Waals surface area contributed by atoms with Crippen LogP contribution in [0.2, 0.25) is 0 Å². The minimum absolute atomic E-state index is 0.0323. The van der Waals surface area contributed by atoms with Crippen molar-refractivity contribution in [1.82, 2.24) is 9.78 Å². The molecule has 0 saturated heterocycles. The van der Waals surface area contributed by atoms with E-state index in [0.29, 0.717) is 6.42 Å². The molecule has 2 unspecified atom stereocenters. The van der Waals surface area contributed by atoms with Crippen molar-refractivity contribution in [3.8, 4) is 0 Å². The second-order valence-electron chi connectivity index (χ2n) is 5.22. The third kappa shape index (κ3) is 2.72. The summed E-state index contributed by atoms with van der Waals surface area (Å²) in [4.78, 5) is 11.0. The van der Waals surface area contributed by atoms with E-state index < -0.39 is 11.5 Å². The highest BCUT2D eigenvalue weighted by atomic mass is 16.4. The normalized spacial score (nSPS) is 16.3. The number of hydrogen-bond acceptors (Lipinski definition) is 3. The summed E-state index contributed by atoms with van der Waals surface area (Å²) in [5.74, 6) is -0.980. The van der Waals surface area contributed by atoms with E-state index >= 15 is 0 Å². The van der Waals surface area contributed by atoms with E-state index in [0.717, 1.165) is 17.8 Å². The van der Waals surface area contributed by atoms with E-state index in [-0.39, 0.29) is 6.04 Å². The Hall–Kier alpha value is -1.36. The summed E-state index contributed by atoms with van der Waals surface area (Å²) in [7, 11) is 0. The lowest BCUT2D eigenvalue weighted by molar-refractivity contribution is -0.143. The molecule has 0 aliphatic carbocycles. The van der Waals surface area contributed by atoms with E-state index in [1.807, 2.05) is 25.5 Å². The van der Waals surface area contributed by atoms with Crippen LogP contribution in [0.4, 0.5) is 0 Å². The van der Waals surface area contributed by atoms with Crippen molar-refractivity contribution in [3.63, 3.8) is 0 Å². The maximum Gasteiger partial charge on any atom is 0.323 e. The van der Waals surface area contributed by atoms with Crippen LogP contribution >= 0.6 is 0 Å². The van der Waals surface area contributed by atoms with Gasteiger partial charge >= 0.3 is 5.97 Å². The monoisotopic (exact) mass is 253 g/mol. The molecule has 0 amide bonds. The number of carbonyl (C=O) groups is 1. The molecular formula is C13H23N3O2. The first-order valence-corrected chi connectivity index (χ1v) is 6.27. The molecule has 5 nitrogen and oxygen atoms in total. The number of aryl methyl sites for hydroxylation is 1. The largest absolute Gasteiger partial charge is 0.480 e. The highest BCUT2D eigenvalue weighted by molar-refractivity contribution is 5.77. The number of rotatable bonds is 5. The Bertz CT molecular complexity index is 449. The number of nitrogens with two attached hydrogens (primary N) is 1. The van der Waals surface area contributed by atoms with Crippen LogP contribution in [0.5, 0.6) is 0 Å². The van der Waals surface area contributed by atoms with Gasteiger partial charge in [-0.2, -0.15) is 5.10 Å². The number of aromatic nitrogens is 2. The summed E-state index contributed by atoms with van der Waals surface area (Å²) in [6, 6.07) is -0.0323. The van der Waals surface area contributed by atoms with Gasteiger partial charge in [0, 0.05) is 5.69 Å². The Morgan fingerprint density at radius 3 is 2.50 bits per heavy atom. The van der Waals surface area contributed by atoms with Crippen molar-refractivity contribution in [1.29, 1.82) is 0 Å². The Morgan fingerprint density at radius 2 is 2.11 bits per heavy atom. The van der Waals surface area contributed by atoms with Crippen molar-refractivity contribution in [3.05, 3.63) is 17.0 Å². The molecule has 1 rings (SSSR count). The summed E-state index contributed by atoms with van der Waals surface area (Å²) >= 11 is 0. The standard InChI is InChI=1S/C13H23N3O2/c1-6-11-9(3)15-16(10(11)4)8(2)7-13(5,14)12(17)18/h8H,6-7,14H2,1-5H3,(H,17,18). The van der Waals surface area contributed by atoms with Crippen molar-refractivity contribution in [2.24, 2.45) is 5.73 Å². The SMILES string of the molecule is CCc1c(C)nn(C(C)CC(C)(N)C(=O)O)c1C. The maximum atomic E-state index is 11.0. The van der Waals surface area contributed by atoms with Crippen molar-refractivity contribution >= 4 is 5.97 Å². The summed E-state index contributed by atoms with van der Waals surface area (Å²) in [6.07, 6.45) is 1.29. The Labute approximate surface area is 108 Å². The second-order valence-corrected chi connectivity index (χ2v) is 5.22. The third-order valence-electron chi connectivity index (χ3n) is 3.45. The van der Waals surface area contributed by atoms with Crippen LogP contribution in [0.3, 0.4) is 0 Å². The highest BCUT2D eigenvalue weighted by Crippen LogP contribution is 2.23. The fourth-order valence-electron chi connectivity index (χ4n) is 2.43. The summed E-state index contributed by atoms with van der Waals surface area (Å²) in [5.41, 5.74) is 7.90. The van der Waals surface area contributed by atoms with Crippen LogP contribution in [0.15, 0.2) is 0 Å². The van der Waals surface area contributed by atoms with Crippen LogP contribution in [0.25, 0.3) is 0 Å². The van der Waals surface area contributed by atoms with E-state index in [1.54, 1.807) is 0 Å². The fraction of sp³-hybridized carbons (Fsp3) is 0.692. The zero-order valence-corrected chi connectivity index (χ0v) is 11.8. The summed E-state index contributed by atoms with van der Waals surface area (Å²) in [5, 5.41) is 13.6. The van der Waals surface area contributed by atoms with Crippen LogP contribution < -0.4 is 5.73 Å². The summed E-state index contributed by atoms with van der Waals surface area (Å²) in [6.45, 7) is 9.58. The molecule has 0 aliphatic rings. The number of carboxylic acids is 1. The van der Waals surface area contributed by atoms with Crippen LogP contribution in [0, 0.1) is 13.8 Å². The molecule has 0 saturated carbocycles. The van der Waals surface area contributed by atoms with Gasteiger partial charge in [-0.1, -0.05) is 6.92 Å². The number of carboxylic acid groups (broad SMARTS) is 1. The second kappa shape index (κ2) is 5.10. The average Bonchev–Trinajstić information content (AvgIpc) is 2.53. The van der Waals surface area contributed by atoms with Crippen molar-refractivity contribution < 1.29 is 9.90 Å². The number of hydrogen-bond donors (Lipinski definition) is 2. The Kier molecular flexibility index (Phi) is 4.16. The Morgan fingerprint density at radius 1 is 1.56 bits per heavy atom. The smallest absolute Gasteiger partial charge is 0.323 e. The minimum Gasteiger partial charge on any atom is -0.480 e. The van der Waals surface area contributed by atoms with E-state index in [9.17, 15) is 4.79 Å². The summed E-state index contributed by atoms with van der Waals surface area (Å²) < 4.78 is 1.89. The maximum absolute atomic E-state index is 11.0. The molecule has 0 spiro atoms. The molecule has 0 bridgehead atoms. The Balaban J connectivity index is 2.98. The van der Waals surface area contributed by atoms with Gasteiger partial charge < -0.3 is 10.8 Å². The molecule has 1 aromatic rings. The molecule has 0 aromatic carbocycles. The fourth-order valence-corrected chi connectivity index (χ4v) is 2.43. The molecule has 0 aliphatic heterocycles. The first-order chi connectivity index (χ1) is 8.20. The van der Waals surface area contributed by atoms with Gasteiger partial charge in [0.25, 0.3) is 0 Å². The van der Waals surface area contributed by atoms with E-state index in [4.69, 9.17) is 10.8 Å². The van der Waals surface area contributed by atoms with Gasteiger partial charge in [0.1, 0.15) is 5.54 Å². The van der Waals surface area contributed by atoms with Crippen molar-refractivity contribution in [2.45, 2.75) is 59.0 Å². The lowest BCUT2D eigenvalue weighted by Crippen LogP contribution is -2.46. The zero-order chi connectivity index (χ0) is 14.1. The predicted octanol–water partition coefficient (Wildman–Crippen LogP) is 1.82. The number of nitrogens with zero attached hydrogens (tertiary/aromatic N) is 2. The van der Waals surface area contributed by atoms with Crippen LogP contribution in [0.1, 0.15) is 50.2 Å². The van der Waals surface area contributed by atoms with Gasteiger partial charge in [0.2, 0.25) is 0 Å². The molecule has 3 N–H and O–H groups in total. The first kappa shape index (κ1) is 14.7. The predicted molar refractivity (Wildman–Crippen MR) is 70.6 cm³/mol. The lowest BCUT2D eigenvalue weighted by Gasteiger charge is -2.24. The lowest BCUT2D eigenvalue weighted by atomic mass is 9.95. The van der Waals surface area contributed by atoms with E-state index in [2.05, 4.69) is 12.0 Å². The van der Waals surface area contributed by atoms with Gasteiger partial charge in [-0.25, -0.2) is 0 Å². The topological polar surface area (TPSA) is 81.1 Å². The molecule has 102 valence electrons. The first-order valence-electron chi connectivity index (χ1n) is 6.27. The average molecular weight is 253 g/mol. The quantitative estimate of drug-likeness (QED) is 0.838. The third-order valence-corrected chi connectivity index (χ3v) is 3.45. The van der Waals surface area contributed by atoms with Gasteiger partial charge in [0.15, 0.2) is 0 Å². The van der Waals surface area contributed by atoms with E-state index in [1.165, 1.54) is 12.5 Å². The zero-order valence-electron chi connectivity index (χ0n) is 11.8. The minimum atomic E-state index is -1.22. The highest BCUT2D eigenvalue weighted by Gasteiger charge is 2.31. The molecule has 0 radical (unpaired) electrons. The number of aliphatic carboxylic acids is 1. The van der Waals surface area contributed by atoms with Gasteiger partial charge in [0.05, 0.1) is 11.7 Å². The molecule has 5 heteroatoms. The molecule has 1 aromatic heterocycles. The van der Waals surface area contributed by atoms with Gasteiger partial charge in [-0.05, 0) is 46.1 Å². The van der Waals surface area contributed by atoms with Crippen LogP contribution in [-0.4, -0.2) is 26.4 Å². The molecule has 0 fully saturated rings. The molecule has 2 atom stereocenters. The van der Waals surface area contributed by atoms with Crippen LogP contribution in [-0.2, 0) is 11.2 Å². The van der Waals surface area contributed by atoms with Crippen molar-refractivity contribution in [2.75, 3.05) is 0 Å². The molecular weight excluding hydrogens is 230 g/mol. The van der Waals surface area contributed by atoms with Gasteiger partial charge in [-0.15, -0.1) is 0 Å².